The number of unbranched alkanes of at least 4 members (excludes halogenated alkanes) is 1. The van der Waals surface area contributed by atoms with Crippen molar-refractivity contribution in [3.05, 3.63) is 0 Å². The second kappa shape index (κ2) is 7.27. The number of carbonyl (C=O) groups excluding carboxylic acids is 1. The van der Waals surface area contributed by atoms with Crippen molar-refractivity contribution in [3.8, 4) is 0 Å². The number of rotatable bonds is 5. The van der Waals surface area contributed by atoms with E-state index < -0.39 is 5.60 Å². The molecule has 1 atom stereocenters. The molecule has 1 rings (SSSR count). The minimum absolute atomic E-state index is 0.240. The van der Waals surface area contributed by atoms with E-state index in [9.17, 15) is 9.90 Å². The van der Waals surface area contributed by atoms with Gasteiger partial charge in [0.2, 0.25) is 5.91 Å². The van der Waals surface area contributed by atoms with Crippen molar-refractivity contribution in [2.24, 2.45) is 0 Å². The zero-order valence-electron chi connectivity index (χ0n) is 11.1. The van der Waals surface area contributed by atoms with E-state index in [0.717, 1.165) is 25.1 Å². The van der Waals surface area contributed by atoms with Gasteiger partial charge in [0.25, 0.3) is 0 Å². The maximum absolute atomic E-state index is 11.9. The molecule has 0 aromatic carbocycles. The molecule has 17 heavy (non-hydrogen) atoms. The molecule has 1 aliphatic heterocycles. The molecule has 1 saturated heterocycles. The highest BCUT2D eigenvalue weighted by molar-refractivity contribution is 7.99. The van der Waals surface area contributed by atoms with Crippen LogP contribution < -0.4 is 0 Å². The molecule has 1 unspecified atom stereocenters. The van der Waals surface area contributed by atoms with Gasteiger partial charge in [0.1, 0.15) is 0 Å². The standard InChI is InChI=1S/C13H25NO2S/c1-3-4-10-17-11-12(15)14-8-5-6-13(2,16)7-9-14/h16H,3-11H2,1-2H3. The summed E-state index contributed by atoms with van der Waals surface area (Å²) in [6.07, 6.45) is 4.80. The van der Waals surface area contributed by atoms with Crippen molar-refractivity contribution in [1.82, 2.24) is 4.90 Å². The molecular formula is C13H25NO2S. The van der Waals surface area contributed by atoms with E-state index in [2.05, 4.69) is 6.92 Å². The van der Waals surface area contributed by atoms with Crippen molar-refractivity contribution in [2.75, 3.05) is 24.6 Å². The third-order valence-corrected chi connectivity index (χ3v) is 4.31. The van der Waals surface area contributed by atoms with Crippen molar-refractivity contribution in [2.45, 2.75) is 51.6 Å². The predicted molar refractivity (Wildman–Crippen MR) is 73.3 cm³/mol. The molecule has 0 aromatic heterocycles. The summed E-state index contributed by atoms with van der Waals surface area (Å²) in [6, 6.07) is 0. The van der Waals surface area contributed by atoms with Gasteiger partial charge in [0.15, 0.2) is 0 Å². The smallest absolute Gasteiger partial charge is 0.232 e. The summed E-state index contributed by atoms with van der Waals surface area (Å²) in [5, 5.41) is 9.96. The Hall–Kier alpha value is -0.220. The molecule has 0 aliphatic carbocycles. The first-order valence-electron chi connectivity index (χ1n) is 6.63. The number of carbonyl (C=O) groups is 1. The number of hydrogen-bond donors (Lipinski definition) is 1. The number of thioether (sulfide) groups is 1. The van der Waals surface area contributed by atoms with Gasteiger partial charge < -0.3 is 10.0 Å². The van der Waals surface area contributed by atoms with Crippen LogP contribution in [0.2, 0.25) is 0 Å². The van der Waals surface area contributed by atoms with Crippen LogP contribution in [0.4, 0.5) is 0 Å². The van der Waals surface area contributed by atoms with Gasteiger partial charge in [-0.2, -0.15) is 11.8 Å². The van der Waals surface area contributed by atoms with Gasteiger partial charge in [-0.15, -0.1) is 0 Å². The second-order valence-electron chi connectivity index (χ2n) is 5.14. The molecule has 0 spiro atoms. The highest BCUT2D eigenvalue weighted by atomic mass is 32.2. The normalized spacial score (nSPS) is 25.7. The Balaban J connectivity index is 2.27. The molecule has 0 saturated carbocycles. The van der Waals surface area contributed by atoms with Gasteiger partial charge in [-0.1, -0.05) is 13.3 Å². The Morgan fingerprint density at radius 1 is 1.41 bits per heavy atom. The first-order valence-corrected chi connectivity index (χ1v) is 7.78. The zero-order valence-corrected chi connectivity index (χ0v) is 11.9. The van der Waals surface area contributed by atoms with Gasteiger partial charge in [-0.25, -0.2) is 0 Å². The van der Waals surface area contributed by atoms with Gasteiger partial charge in [0, 0.05) is 13.1 Å². The SMILES string of the molecule is CCCCSCC(=O)N1CCCC(C)(O)CC1. The monoisotopic (exact) mass is 259 g/mol. The van der Waals surface area contributed by atoms with E-state index in [1.165, 1.54) is 12.8 Å². The number of likely N-dealkylation sites (tertiary alicyclic amines) is 1. The second-order valence-corrected chi connectivity index (χ2v) is 6.24. The minimum Gasteiger partial charge on any atom is -0.390 e. The first kappa shape index (κ1) is 14.8. The molecule has 1 fully saturated rings. The lowest BCUT2D eigenvalue weighted by molar-refractivity contribution is -0.128. The quantitative estimate of drug-likeness (QED) is 0.770. The third-order valence-electron chi connectivity index (χ3n) is 3.28. The lowest BCUT2D eigenvalue weighted by atomic mass is 9.98. The molecular weight excluding hydrogens is 234 g/mol. The van der Waals surface area contributed by atoms with Crippen LogP contribution >= 0.6 is 11.8 Å². The van der Waals surface area contributed by atoms with E-state index >= 15 is 0 Å². The van der Waals surface area contributed by atoms with Gasteiger partial charge >= 0.3 is 0 Å². The highest BCUT2D eigenvalue weighted by Gasteiger charge is 2.26. The lowest BCUT2D eigenvalue weighted by Crippen LogP contribution is -2.34. The summed E-state index contributed by atoms with van der Waals surface area (Å²) in [7, 11) is 0. The minimum atomic E-state index is -0.579. The fourth-order valence-electron chi connectivity index (χ4n) is 2.01. The summed E-state index contributed by atoms with van der Waals surface area (Å²) in [5.41, 5.74) is -0.579. The molecule has 3 nitrogen and oxygen atoms in total. The fraction of sp³-hybridized carbons (Fsp3) is 0.923. The molecule has 1 aliphatic rings. The van der Waals surface area contributed by atoms with Gasteiger partial charge in [-0.3, -0.25) is 4.79 Å². The van der Waals surface area contributed by atoms with E-state index in [1.807, 2.05) is 11.8 Å². The maximum Gasteiger partial charge on any atom is 0.232 e. The van der Waals surface area contributed by atoms with Crippen LogP contribution in [0.1, 0.15) is 46.0 Å². The molecule has 0 aromatic rings. The average Bonchev–Trinajstić information content (AvgIpc) is 2.45. The third kappa shape index (κ3) is 5.77. The Kier molecular flexibility index (Phi) is 6.34. The molecule has 4 heteroatoms. The summed E-state index contributed by atoms with van der Waals surface area (Å²) in [6.45, 7) is 5.56. The van der Waals surface area contributed by atoms with E-state index in [1.54, 1.807) is 11.8 Å². The van der Waals surface area contributed by atoms with Crippen LogP contribution in [0, 0.1) is 0 Å². The average molecular weight is 259 g/mol. The zero-order chi connectivity index (χ0) is 12.7. The summed E-state index contributed by atoms with van der Waals surface area (Å²) in [4.78, 5) is 13.9. The van der Waals surface area contributed by atoms with Crippen LogP contribution in [0.5, 0.6) is 0 Å². The number of hydrogen-bond acceptors (Lipinski definition) is 3. The molecule has 1 heterocycles. The van der Waals surface area contributed by atoms with Crippen LogP contribution in [0.15, 0.2) is 0 Å². The van der Waals surface area contributed by atoms with Crippen molar-refractivity contribution in [1.29, 1.82) is 0 Å². The van der Waals surface area contributed by atoms with Crippen LogP contribution in [-0.4, -0.2) is 46.1 Å². The van der Waals surface area contributed by atoms with Crippen LogP contribution in [-0.2, 0) is 4.79 Å². The van der Waals surface area contributed by atoms with E-state index in [4.69, 9.17) is 0 Å². The Labute approximate surface area is 109 Å². The lowest BCUT2D eigenvalue weighted by Gasteiger charge is -2.22. The van der Waals surface area contributed by atoms with Crippen LogP contribution in [0.3, 0.4) is 0 Å². The number of aliphatic hydroxyl groups is 1. The Morgan fingerprint density at radius 3 is 2.88 bits per heavy atom. The summed E-state index contributed by atoms with van der Waals surface area (Å²) < 4.78 is 0. The van der Waals surface area contributed by atoms with Crippen molar-refractivity contribution < 1.29 is 9.90 Å². The molecule has 0 bridgehead atoms. The maximum atomic E-state index is 11.9. The van der Waals surface area contributed by atoms with Crippen LogP contribution in [0.25, 0.3) is 0 Å². The number of nitrogens with zero attached hydrogens (tertiary/aromatic N) is 1. The van der Waals surface area contributed by atoms with E-state index in [0.29, 0.717) is 18.7 Å². The first-order chi connectivity index (χ1) is 8.05. The molecule has 1 N–H and O–H groups in total. The highest BCUT2D eigenvalue weighted by Crippen LogP contribution is 2.21. The van der Waals surface area contributed by atoms with E-state index in [-0.39, 0.29) is 5.91 Å². The van der Waals surface area contributed by atoms with Crippen molar-refractivity contribution >= 4 is 17.7 Å². The van der Waals surface area contributed by atoms with Gasteiger partial charge in [-0.05, 0) is 38.4 Å². The topological polar surface area (TPSA) is 40.5 Å². The Morgan fingerprint density at radius 2 is 2.18 bits per heavy atom. The fourth-order valence-corrected chi connectivity index (χ4v) is 3.00. The molecule has 1 amide bonds. The van der Waals surface area contributed by atoms with Gasteiger partial charge in [0.05, 0.1) is 11.4 Å². The molecule has 100 valence electrons. The predicted octanol–water partition coefficient (Wildman–Crippen LogP) is 2.28. The Bertz CT molecular complexity index is 244. The summed E-state index contributed by atoms with van der Waals surface area (Å²) >= 11 is 1.73. The van der Waals surface area contributed by atoms with Crippen molar-refractivity contribution in [3.63, 3.8) is 0 Å². The number of amides is 1. The largest absolute Gasteiger partial charge is 0.390 e. The summed E-state index contributed by atoms with van der Waals surface area (Å²) in [5.74, 6) is 1.92. The molecule has 0 radical (unpaired) electrons.